The Hall–Kier alpha value is -0.910. The Labute approximate surface area is 133 Å². The van der Waals surface area contributed by atoms with E-state index in [2.05, 4.69) is 29.5 Å². The highest BCUT2D eigenvalue weighted by atomic mass is 127. The van der Waals surface area contributed by atoms with Crippen molar-refractivity contribution in [2.45, 2.75) is 32.6 Å². The van der Waals surface area contributed by atoms with Crippen LogP contribution >= 0.6 is 22.6 Å². The summed E-state index contributed by atoms with van der Waals surface area (Å²) in [6, 6.07) is 7.51. The van der Waals surface area contributed by atoms with E-state index in [1.807, 2.05) is 24.3 Å². The summed E-state index contributed by atoms with van der Waals surface area (Å²) in [4.78, 5) is 26.0. The van der Waals surface area contributed by atoms with Crippen molar-refractivity contribution in [2.75, 3.05) is 13.1 Å². The van der Waals surface area contributed by atoms with E-state index in [-0.39, 0.29) is 18.2 Å². The first-order valence-electron chi connectivity index (χ1n) is 7.16. The largest absolute Gasteiger partial charge is 0.335 e. The van der Waals surface area contributed by atoms with E-state index < -0.39 is 0 Å². The van der Waals surface area contributed by atoms with Crippen LogP contribution in [0.25, 0.3) is 0 Å². The highest BCUT2D eigenvalue weighted by molar-refractivity contribution is 14.1. The van der Waals surface area contributed by atoms with Gasteiger partial charge in [-0.1, -0.05) is 25.5 Å². The van der Waals surface area contributed by atoms with Crippen LogP contribution in [0.4, 0.5) is 0 Å². The van der Waals surface area contributed by atoms with Crippen LogP contribution in [0.1, 0.15) is 43.0 Å². The van der Waals surface area contributed by atoms with Crippen molar-refractivity contribution in [3.63, 3.8) is 0 Å². The SMILES string of the molecule is CCC1CCC(=O)N(CC(=O)c2ccc(I)cc2)CC1. The van der Waals surface area contributed by atoms with Gasteiger partial charge >= 0.3 is 0 Å². The molecule has 3 nitrogen and oxygen atoms in total. The number of hydrogen-bond acceptors (Lipinski definition) is 2. The number of rotatable bonds is 4. The Morgan fingerprint density at radius 2 is 2.00 bits per heavy atom. The first-order chi connectivity index (χ1) is 9.60. The van der Waals surface area contributed by atoms with Crippen molar-refractivity contribution < 1.29 is 9.59 Å². The zero-order valence-electron chi connectivity index (χ0n) is 11.8. The Balaban J connectivity index is 1.99. The van der Waals surface area contributed by atoms with E-state index in [9.17, 15) is 9.59 Å². The second-order valence-electron chi connectivity index (χ2n) is 5.35. The van der Waals surface area contributed by atoms with E-state index in [4.69, 9.17) is 0 Å². The monoisotopic (exact) mass is 385 g/mol. The fourth-order valence-corrected chi connectivity index (χ4v) is 2.93. The molecule has 108 valence electrons. The van der Waals surface area contributed by atoms with Crippen LogP contribution in [-0.4, -0.2) is 29.7 Å². The zero-order chi connectivity index (χ0) is 14.5. The lowest BCUT2D eigenvalue weighted by molar-refractivity contribution is -0.130. The molecule has 0 radical (unpaired) electrons. The number of nitrogens with zero attached hydrogens (tertiary/aromatic N) is 1. The molecule has 1 aromatic rings. The van der Waals surface area contributed by atoms with Gasteiger partial charge in [-0.2, -0.15) is 0 Å². The Morgan fingerprint density at radius 3 is 2.65 bits per heavy atom. The molecule has 0 aromatic heterocycles. The summed E-state index contributed by atoms with van der Waals surface area (Å²) in [7, 11) is 0. The summed E-state index contributed by atoms with van der Waals surface area (Å²) in [5.74, 6) is 0.780. The van der Waals surface area contributed by atoms with Crippen LogP contribution in [-0.2, 0) is 4.79 Å². The van der Waals surface area contributed by atoms with E-state index in [1.165, 1.54) is 0 Å². The third-order valence-corrected chi connectivity index (χ3v) is 4.72. The number of amides is 1. The van der Waals surface area contributed by atoms with E-state index in [0.29, 0.717) is 24.4 Å². The molecule has 0 aliphatic carbocycles. The van der Waals surface area contributed by atoms with E-state index in [0.717, 1.165) is 22.8 Å². The minimum atomic E-state index is 0.0321. The molecule has 0 spiro atoms. The van der Waals surface area contributed by atoms with Crippen LogP contribution in [0.3, 0.4) is 0 Å². The van der Waals surface area contributed by atoms with Crippen molar-refractivity contribution in [2.24, 2.45) is 5.92 Å². The lowest BCUT2D eigenvalue weighted by Gasteiger charge is -2.20. The van der Waals surface area contributed by atoms with Gasteiger partial charge in [0.15, 0.2) is 5.78 Å². The highest BCUT2D eigenvalue weighted by Gasteiger charge is 2.23. The number of benzene rings is 1. The summed E-state index contributed by atoms with van der Waals surface area (Å²) in [6.07, 6.45) is 3.68. The molecular formula is C16H20INO2. The summed E-state index contributed by atoms with van der Waals surface area (Å²) in [5.41, 5.74) is 0.689. The third kappa shape index (κ3) is 4.04. The third-order valence-electron chi connectivity index (χ3n) is 4.00. The molecular weight excluding hydrogens is 365 g/mol. The van der Waals surface area contributed by atoms with Crippen LogP contribution < -0.4 is 0 Å². The maximum atomic E-state index is 12.2. The second kappa shape index (κ2) is 7.20. The number of likely N-dealkylation sites (tertiary alicyclic amines) is 1. The molecule has 20 heavy (non-hydrogen) atoms. The van der Waals surface area contributed by atoms with Gasteiger partial charge in [0.25, 0.3) is 0 Å². The summed E-state index contributed by atoms with van der Waals surface area (Å²) in [6.45, 7) is 3.10. The van der Waals surface area contributed by atoms with Gasteiger partial charge in [0.2, 0.25) is 5.91 Å². The Bertz CT molecular complexity index is 484. The minimum Gasteiger partial charge on any atom is -0.335 e. The molecule has 1 atom stereocenters. The smallest absolute Gasteiger partial charge is 0.222 e. The second-order valence-corrected chi connectivity index (χ2v) is 6.59. The topological polar surface area (TPSA) is 37.4 Å². The first-order valence-corrected chi connectivity index (χ1v) is 8.24. The molecule has 1 saturated heterocycles. The van der Waals surface area contributed by atoms with Crippen LogP contribution in [0.5, 0.6) is 0 Å². The maximum Gasteiger partial charge on any atom is 0.222 e. The molecule has 0 saturated carbocycles. The molecule has 1 unspecified atom stereocenters. The predicted molar refractivity (Wildman–Crippen MR) is 87.7 cm³/mol. The number of halogens is 1. The maximum absolute atomic E-state index is 12.2. The van der Waals surface area contributed by atoms with Gasteiger partial charge in [-0.15, -0.1) is 0 Å². The first kappa shape index (κ1) is 15.5. The lowest BCUT2D eigenvalue weighted by atomic mass is 9.98. The summed E-state index contributed by atoms with van der Waals surface area (Å²) in [5, 5.41) is 0. The molecule has 0 N–H and O–H groups in total. The fourth-order valence-electron chi connectivity index (χ4n) is 2.57. The van der Waals surface area contributed by atoms with Crippen molar-refractivity contribution >= 4 is 34.3 Å². The van der Waals surface area contributed by atoms with Gasteiger partial charge in [-0.25, -0.2) is 0 Å². The van der Waals surface area contributed by atoms with E-state index >= 15 is 0 Å². The van der Waals surface area contributed by atoms with Gasteiger partial charge in [0.05, 0.1) is 6.54 Å². The van der Waals surface area contributed by atoms with Crippen LogP contribution in [0.2, 0.25) is 0 Å². The number of Topliss-reactive ketones (excluding diaryl/α,β-unsaturated/α-hetero) is 1. The molecule has 2 rings (SSSR count). The van der Waals surface area contributed by atoms with Crippen molar-refractivity contribution in [3.8, 4) is 0 Å². The number of ketones is 1. The van der Waals surface area contributed by atoms with Gasteiger partial charge in [0.1, 0.15) is 0 Å². The molecule has 4 heteroatoms. The van der Waals surface area contributed by atoms with E-state index in [1.54, 1.807) is 4.90 Å². The number of carbonyl (C=O) groups excluding carboxylic acids is 2. The quantitative estimate of drug-likeness (QED) is 0.588. The molecule has 1 aliphatic rings. The van der Waals surface area contributed by atoms with Gasteiger partial charge in [-0.05, 0) is 53.5 Å². The molecule has 1 heterocycles. The molecule has 1 amide bonds. The number of carbonyl (C=O) groups is 2. The van der Waals surface area contributed by atoms with Gasteiger partial charge in [-0.3, -0.25) is 9.59 Å². The van der Waals surface area contributed by atoms with Gasteiger partial charge < -0.3 is 4.90 Å². The predicted octanol–water partition coefficient (Wildman–Crippen LogP) is 3.51. The normalized spacial score (nSPS) is 19.8. The van der Waals surface area contributed by atoms with Crippen molar-refractivity contribution in [3.05, 3.63) is 33.4 Å². The summed E-state index contributed by atoms with van der Waals surface area (Å²) < 4.78 is 1.11. The summed E-state index contributed by atoms with van der Waals surface area (Å²) >= 11 is 2.21. The average molecular weight is 385 g/mol. The molecule has 1 aliphatic heterocycles. The Kier molecular flexibility index (Phi) is 5.57. The zero-order valence-corrected chi connectivity index (χ0v) is 13.9. The average Bonchev–Trinajstić information content (AvgIpc) is 2.62. The number of hydrogen-bond donors (Lipinski definition) is 0. The fraction of sp³-hybridized carbons (Fsp3) is 0.500. The van der Waals surface area contributed by atoms with Crippen LogP contribution in [0.15, 0.2) is 24.3 Å². The molecule has 1 fully saturated rings. The lowest BCUT2D eigenvalue weighted by Crippen LogP contribution is -2.35. The highest BCUT2D eigenvalue weighted by Crippen LogP contribution is 2.21. The van der Waals surface area contributed by atoms with Crippen molar-refractivity contribution in [1.29, 1.82) is 0 Å². The van der Waals surface area contributed by atoms with Crippen molar-refractivity contribution in [1.82, 2.24) is 4.90 Å². The van der Waals surface area contributed by atoms with Gasteiger partial charge in [0, 0.05) is 22.1 Å². The van der Waals surface area contributed by atoms with Crippen LogP contribution in [0, 0.1) is 9.49 Å². The molecule has 0 bridgehead atoms. The minimum absolute atomic E-state index is 0.0321. The Morgan fingerprint density at radius 1 is 1.30 bits per heavy atom. The standard InChI is InChI=1S/C16H20INO2/c1-2-12-3-8-16(20)18(10-9-12)11-15(19)13-4-6-14(17)7-5-13/h4-7,12H,2-3,8-11H2,1H3. The molecule has 1 aromatic carbocycles.